The third-order valence-electron chi connectivity index (χ3n) is 2.68. The molecule has 4 nitrogen and oxygen atoms in total. The minimum absolute atomic E-state index is 0.265. The maximum absolute atomic E-state index is 13.3. The molecule has 0 amide bonds. The van der Waals surface area contributed by atoms with Gasteiger partial charge in [-0.25, -0.2) is 4.39 Å². The van der Waals surface area contributed by atoms with Crippen LogP contribution in [0.2, 0.25) is 0 Å². The molecular weight excluding hydrogens is 259 g/mol. The fourth-order valence-electron chi connectivity index (χ4n) is 1.76. The third kappa shape index (κ3) is 3.33. The molecule has 0 aliphatic carbocycles. The van der Waals surface area contributed by atoms with E-state index in [1.165, 1.54) is 12.1 Å². The highest BCUT2D eigenvalue weighted by Crippen LogP contribution is 2.18. The number of nitro benzene ring substituents is 1. The molecule has 0 radical (unpaired) electrons. The van der Waals surface area contributed by atoms with Crippen LogP contribution >= 0.6 is 0 Å². The summed E-state index contributed by atoms with van der Waals surface area (Å²) >= 11 is 0. The fourth-order valence-corrected chi connectivity index (χ4v) is 1.76. The molecule has 2 aromatic rings. The van der Waals surface area contributed by atoms with Crippen molar-refractivity contribution in [3.63, 3.8) is 0 Å². The molecule has 0 fully saturated rings. The van der Waals surface area contributed by atoms with Crippen molar-refractivity contribution in [3.05, 3.63) is 69.5 Å². The van der Waals surface area contributed by atoms with Gasteiger partial charge in [0.15, 0.2) is 0 Å². The molecule has 0 aliphatic rings. The SMILES string of the molecule is C#Cc1cccc(NCc2cc(F)cc([N+](=O)[O-])c2)c1. The van der Waals surface area contributed by atoms with E-state index in [1.807, 2.05) is 6.07 Å². The van der Waals surface area contributed by atoms with Crippen LogP contribution in [0.3, 0.4) is 0 Å². The number of benzene rings is 2. The zero-order valence-corrected chi connectivity index (χ0v) is 10.5. The zero-order chi connectivity index (χ0) is 14.5. The van der Waals surface area contributed by atoms with Crippen molar-refractivity contribution in [2.24, 2.45) is 0 Å². The Labute approximate surface area is 115 Å². The average Bonchev–Trinajstić information content (AvgIpc) is 2.44. The molecule has 0 atom stereocenters. The molecule has 0 heterocycles. The lowest BCUT2D eigenvalue weighted by Crippen LogP contribution is -2.01. The number of hydrogen-bond acceptors (Lipinski definition) is 3. The molecule has 0 aliphatic heterocycles. The van der Waals surface area contributed by atoms with Gasteiger partial charge >= 0.3 is 0 Å². The van der Waals surface area contributed by atoms with Crippen molar-refractivity contribution < 1.29 is 9.31 Å². The summed E-state index contributed by atoms with van der Waals surface area (Å²) in [7, 11) is 0. The molecule has 2 rings (SSSR count). The van der Waals surface area contributed by atoms with Gasteiger partial charge in [-0.3, -0.25) is 10.1 Å². The first-order valence-corrected chi connectivity index (χ1v) is 5.83. The van der Waals surface area contributed by atoms with E-state index in [2.05, 4.69) is 11.2 Å². The van der Waals surface area contributed by atoms with Gasteiger partial charge in [0.1, 0.15) is 5.82 Å². The first kappa shape index (κ1) is 13.6. The van der Waals surface area contributed by atoms with Crippen LogP contribution in [-0.4, -0.2) is 4.92 Å². The molecule has 20 heavy (non-hydrogen) atoms. The predicted octanol–water partition coefficient (Wildman–Crippen LogP) is 3.33. The highest BCUT2D eigenvalue weighted by atomic mass is 19.1. The summed E-state index contributed by atoms with van der Waals surface area (Å²) in [5, 5.41) is 13.7. The normalized spacial score (nSPS) is 9.80. The van der Waals surface area contributed by atoms with E-state index in [1.54, 1.807) is 18.2 Å². The van der Waals surface area contributed by atoms with Crippen molar-refractivity contribution >= 4 is 11.4 Å². The number of nitrogens with one attached hydrogen (secondary N) is 1. The molecule has 5 heteroatoms. The second-order valence-corrected chi connectivity index (χ2v) is 4.15. The number of nitro groups is 1. The molecule has 0 saturated heterocycles. The number of nitrogens with zero attached hydrogens (tertiary/aromatic N) is 1. The number of hydrogen-bond donors (Lipinski definition) is 1. The summed E-state index contributed by atoms with van der Waals surface area (Å²) in [5.74, 6) is 1.88. The van der Waals surface area contributed by atoms with Crippen LogP contribution in [0.5, 0.6) is 0 Å². The van der Waals surface area contributed by atoms with Gasteiger partial charge in [-0.05, 0) is 29.8 Å². The second-order valence-electron chi connectivity index (χ2n) is 4.15. The Hall–Kier alpha value is -2.87. The molecule has 2 aromatic carbocycles. The van der Waals surface area contributed by atoms with Crippen molar-refractivity contribution in [2.75, 3.05) is 5.32 Å². The Kier molecular flexibility index (Phi) is 3.96. The summed E-state index contributed by atoms with van der Waals surface area (Å²) in [6.07, 6.45) is 5.30. The van der Waals surface area contributed by atoms with Gasteiger partial charge in [-0.15, -0.1) is 6.42 Å². The maximum Gasteiger partial charge on any atom is 0.272 e. The largest absolute Gasteiger partial charge is 0.381 e. The first-order chi connectivity index (χ1) is 9.58. The van der Waals surface area contributed by atoms with Crippen LogP contribution in [0.1, 0.15) is 11.1 Å². The van der Waals surface area contributed by atoms with E-state index in [0.717, 1.165) is 17.3 Å². The second kappa shape index (κ2) is 5.85. The Balaban J connectivity index is 2.14. The van der Waals surface area contributed by atoms with Crippen LogP contribution in [0.15, 0.2) is 42.5 Å². The van der Waals surface area contributed by atoms with Gasteiger partial charge in [0.05, 0.1) is 11.0 Å². The summed E-state index contributed by atoms with van der Waals surface area (Å²) in [5.41, 5.74) is 1.72. The van der Waals surface area contributed by atoms with E-state index < -0.39 is 10.7 Å². The quantitative estimate of drug-likeness (QED) is 0.526. The highest BCUT2D eigenvalue weighted by Gasteiger charge is 2.09. The van der Waals surface area contributed by atoms with E-state index in [4.69, 9.17) is 6.42 Å². The molecule has 0 aromatic heterocycles. The van der Waals surface area contributed by atoms with E-state index in [-0.39, 0.29) is 12.2 Å². The average molecular weight is 270 g/mol. The molecule has 0 spiro atoms. The molecule has 0 saturated carbocycles. The third-order valence-corrected chi connectivity index (χ3v) is 2.68. The van der Waals surface area contributed by atoms with Crippen LogP contribution in [0.4, 0.5) is 15.8 Å². The Morgan fingerprint density at radius 2 is 2.10 bits per heavy atom. The van der Waals surface area contributed by atoms with Gasteiger partial charge in [0.2, 0.25) is 0 Å². The lowest BCUT2D eigenvalue weighted by atomic mass is 10.1. The first-order valence-electron chi connectivity index (χ1n) is 5.83. The lowest BCUT2D eigenvalue weighted by molar-refractivity contribution is -0.385. The topological polar surface area (TPSA) is 55.2 Å². The molecule has 100 valence electrons. The van der Waals surface area contributed by atoms with Crippen molar-refractivity contribution in [2.45, 2.75) is 6.54 Å². The number of non-ortho nitro benzene ring substituents is 1. The fraction of sp³-hybridized carbons (Fsp3) is 0.0667. The van der Waals surface area contributed by atoms with Crippen LogP contribution in [0, 0.1) is 28.3 Å². The van der Waals surface area contributed by atoms with Gasteiger partial charge in [-0.1, -0.05) is 12.0 Å². The van der Waals surface area contributed by atoms with Crippen LogP contribution < -0.4 is 5.32 Å². The monoisotopic (exact) mass is 270 g/mol. The summed E-state index contributed by atoms with van der Waals surface area (Å²) < 4.78 is 13.3. The lowest BCUT2D eigenvalue weighted by Gasteiger charge is -2.07. The highest BCUT2D eigenvalue weighted by molar-refractivity contribution is 5.50. The van der Waals surface area contributed by atoms with Gasteiger partial charge in [-0.2, -0.15) is 0 Å². The van der Waals surface area contributed by atoms with Crippen molar-refractivity contribution in [1.82, 2.24) is 0 Å². The molecule has 0 bridgehead atoms. The summed E-state index contributed by atoms with van der Waals surface area (Å²) in [6, 6.07) is 10.7. The predicted molar refractivity (Wildman–Crippen MR) is 74.8 cm³/mol. The Bertz CT molecular complexity index is 693. The Morgan fingerprint density at radius 1 is 1.30 bits per heavy atom. The zero-order valence-electron chi connectivity index (χ0n) is 10.5. The van der Waals surface area contributed by atoms with E-state index in [0.29, 0.717) is 5.56 Å². The molecule has 1 N–H and O–H groups in total. The van der Waals surface area contributed by atoms with Crippen LogP contribution in [0.25, 0.3) is 0 Å². The number of rotatable bonds is 4. The molecular formula is C15H11FN2O2. The molecule has 0 unspecified atom stereocenters. The van der Waals surface area contributed by atoms with Gasteiger partial charge in [0, 0.05) is 23.9 Å². The minimum atomic E-state index is -0.631. The number of halogens is 1. The summed E-state index contributed by atoms with van der Waals surface area (Å²) in [4.78, 5) is 10.0. The van der Waals surface area contributed by atoms with E-state index in [9.17, 15) is 14.5 Å². The number of terminal acetylenes is 1. The minimum Gasteiger partial charge on any atom is -0.381 e. The standard InChI is InChI=1S/C15H11FN2O2/c1-2-11-4-3-5-14(7-11)17-10-12-6-13(16)9-15(8-12)18(19)20/h1,3-9,17H,10H2. The maximum atomic E-state index is 13.3. The summed E-state index contributed by atoms with van der Waals surface area (Å²) in [6.45, 7) is 0.270. The van der Waals surface area contributed by atoms with Gasteiger partial charge in [0.25, 0.3) is 5.69 Å². The van der Waals surface area contributed by atoms with Crippen molar-refractivity contribution in [3.8, 4) is 12.3 Å². The Morgan fingerprint density at radius 3 is 2.80 bits per heavy atom. The van der Waals surface area contributed by atoms with Crippen LogP contribution in [-0.2, 0) is 6.54 Å². The smallest absolute Gasteiger partial charge is 0.272 e. The number of anilines is 1. The van der Waals surface area contributed by atoms with E-state index >= 15 is 0 Å². The van der Waals surface area contributed by atoms with Gasteiger partial charge < -0.3 is 5.32 Å². The van der Waals surface area contributed by atoms with Crippen molar-refractivity contribution in [1.29, 1.82) is 0 Å².